The second-order valence-corrected chi connectivity index (χ2v) is 10.8. The normalized spacial score (nSPS) is 13.8. The number of nitriles is 1. The minimum atomic E-state index is -3.87. The number of hydrogen-bond donors (Lipinski definition) is 2. The minimum Gasteiger partial charge on any atom is -0.325 e. The van der Waals surface area contributed by atoms with E-state index in [2.05, 4.69) is 26.1 Å². The molecule has 3 aromatic rings. The van der Waals surface area contributed by atoms with Gasteiger partial charge in [-0.25, -0.2) is 28.1 Å². The number of thioether (sulfide) groups is 1. The third-order valence-corrected chi connectivity index (χ3v) is 8.24. The molecule has 0 fully saturated rings. The Kier molecular flexibility index (Phi) is 7.63. The van der Waals surface area contributed by atoms with Gasteiger partial charge in [0, 0.05) is 23.8 Å². The van der Waals surface area contributed by atoms with Gasteiger partial charge in [0.25, 0.3) is 10.0 Å². The van der Waals surface area contributed by atoms with Gasteiger partial charge in [0.2, 0.25) is 11.9 Å². The van der Waals surface area contributed by atoms with Crippen LogP contribution >= 0.6 is 11.8 Å². The van der Waals surface area contributed by atoms with Gasteiger partial charge >= 0.3 is 0 Å². The summed E-state index contributed by atoms with van der Waals surface area (Å²) in [6.45, 7) is 1.90. The van der Waals surface area contributed by atoms with Crippen LogP contribution in [-0.2, 0) is 27.7 Å². The highest BCUT2D eigenvalue weighted by atomic mass is 32.2. The van der Waals surface area contributed by atoms with Gasteiger partial charge in [-0.15, -0.1) is 0 Å². The quantitative estimate of drug-likeness (QED) is 0.437. The number of sulfonamides is 1. The Balaban J connectivity index is 1.45. The number of fused-ring (bicyclic) bond motifs is 1. The van der Waals surface area contributed by atoms with E-state index in [9.17, 15) is 18.5 Å². The lowest BCUT2D eigenvalue weighted by molar-refractivity contribution is -0.115. The number of benzene rings is 1. The van der Waals surface area contributed by atoms with Gasteiger partial charge in [0.15, 0.2) is 0 Å². The Morgan fingerprint density at radius 1 is 1.17 bits per heavy atom. The molecule has 4 rings (SSSR count). The number of carbonyl (C=O) groups is 1. The number of anilines is 2. The van der Waals surface area contributed by atoms with Crippen molar-refractivity contribution in [3.63, 3.8) is 0 Å². The molecule has 0 bridgehead atoms. The Bertz CT molecular complexity index is 1360. The van der Waals surface area contributed by atoms with E-state index in [-0.39, 0.29) is 16.8 Å². The molecule has 0 spiro atoms. The first-order valence-electron chi connectivity index (χ1n) is 11.2. The van der Waals surface area contributed by atoms with Crippen LogP contribution in [0.25, 0.3) is 0 Å². The number of nitrogens with zero attached hydrogens (tertiary/aromatic N) is 4. The Hall–Kier alpha value is -3.49. The molecule has 1 aromatic carbocycles. The fraction of sp³-hybridized carbons (Fsp3) is 0.292. The van der Waals surface area contributed by atoms with Gasteiger partial charge in [0.1, 0.15) is 11.1 Å². The molecule has 0 radical (unpaired) electrons. The van der Waals surface area contributed by atoms with Gasteiger partial charge in [-0.2, -0.15) is 5.26 Å². The van der Waals surface area contributed by atoms with Gasteiger partial charge in [0.05, 0.1) is 15.7 Å². The molecule has 2 heterocycles. The standard InChI is InChI=1S/C24H24N6O3S2/c1-2-21(34-23-17(15-25)14-16-6-3-4-7-20(16)29-23)22(31)28-18-8-10-19(11-9-18)35(32,33)30-24-26-12-5-13-27-24/h5,8-14,21H,2-4,6-7H2,1H3,(H,28,31)(H,26,27,30). The molecule has 9 nitrogen and oxygen atoms in total. The molecule has 1 unspecified atom stereocenters. The number of amides is 1. The number of rotatable bonds is 8. The third-order valence-electron chi connectivity index (χ3n) is 5.53. The van der Waals surface area contributed by atoms with E-state index >= 15 is 0 Å². The van der Waals surface area contributed by atoms with Crippen molar-refractivity contribution >= 4 is 39.3 Å². The molecule has 1 aliphatic rings. The fourth-order valence-corrected chi connectivity index (χ4v) is 5.67. The van der Waals surface area contributed by atoms with E-state index < -0.39 is 15.3 Å². The summed E-state index contributed by atoms with van der Waals surface area (Å²) in [4.78, 5) is 25.4. The number of aryl methyl sites for hydroxylation is 2. The van der Waals surface area contributed by atoms with Crippen LogP contribution in [0.3, 0.4) is 0 Å². The van der Waals surface area contributed by atoms with Crippen molar-refractivity contribution in [2.75, 3.05) is 10.0 Å². The second kappa shape index (κ2) is 10.8. The first-order valence-corrected chi connectivity index (χ1v) is 13.6. The molecule has 2 aromatic heterocycles. The zero-order chi connectivity index (χ0) is 24.8. The molecular weight excluding hydrogens is 484 g/mol. The van der Waals surface area contributed by atoms with Gasteiger partial charge in [-0.05, 0) is 74.1 Å². The van der Waals surface area contributed by atoms with E-state index in [1.807, 2.05) is 13.0 Å². The Morgan fingerprint density at radius 3 is 2.57 bits per heavy atom. The summed E-state index contributed by atoms with van der Waals surface area (Å²) in [7, 11) is -3.87. The molecule has 11 heteroatoms. The van der Waals surface area contributed by atoms with Crippen LogP contribution in [0.4, 0.5) is 11.6 Å². The Morgan fingerprint density at radius 2 is 1.89 bits per heavy atom. The van der Waals surface area contributed by atoms with Crippen molar-refractivity contribution in [3.05, 3.63) is 65.6 Å². The third kappa shape index (κ3) is 5.96. The average Bonchev–Trinajstić information content (AvgIpc) is 2.87. The fourth-order valence-electron chi connectivity index (χ4n) is 3.71. The first kappa shape index (κ1) is 24.6. The summed E-state index contributed by atoms with van der Waals surface area (Å²) in [6, 6.07) is 11.5. The van der Waals surface area contributed by atoms with Crippen LogP contribution in [0, 0.1) is 11.3 Å². The van der Waals surface area contributed by atoms with Crippen molar-refractivity contribution in [2.24, 2.45) is 0 Å². The number of aromatic nitrogens is 3. The molecule has 35 heavy (non-hydrogen) atoms. The molecule has 0 aliphatic heterocycles. The number of carbonyl (C=O) groups excluding carboxylic acids is 1. The zero-order valence-corrected chi connectivity index (χ0v) is 20.7. The van der Waals surface area contributed by atoms with Crippen LogP contribution in [0.2, 0.25) is 0 Å². The lowest BCUT2D eigenvalue weighted by Gasteiger charge is -2.19. The molecular formula is C24H24N6O3S2. The van der Waals surface area contributed by atoms with Crippen LogP contribution in [0.1, 0.15) is 43.0 Å². The molecule has 1 aliphatic carbocycles. The van der Waals surface area contributed by atoms with Crippen molar-refractivity contribution in [3.8, 4) is 6.07 Å². The van der Waals surface area contributed by atoms with Gasteiger partial charge in [-0.3, -0.25) is 4.79 Å². The van der Waals surface area contributed by atoms with Crippen molar-refractivity contribution in [1.29, 1.82) is 5.26 Å². The highest BCUT2D eigenvalue weighted by molar-refractivity contribution is 8.00. The summed E-state index contributed by atoms with van der Waals surface area (Å²) in [6.07, 6.45) is 7.40. The van der Waals surface area contributed by atoms with Crippen LogP contribution in [0.15, 0.2) is 58.7 Å². The number of hydrogen-bond acceptors (Lipinski definition) is 8. The van der Waals surface area contributed by atoms with Crippen molar-refractivity contribution in [2.45, 2.75) is 54.2 Å². The topological polar surface area (TPSA) is 138 Å². The summed E-state index contributed by atoms with van der Waals surface area (Å²) in [5, 5.41) is 12.5. The average molecular weight is 509 g/mol. The molecule has 2 N–H and O–H groups in total. The number of pyridine rings is 1. The monoisotopic (exact) mass is 508 g/mol. The zero-order valence-electron chi connectivity index (χ0n) is 19.1. The number of nitrogens with one attached hydrogen (secondary N) is 2. The van der Waals surface area contributed by atoms with E-state index in [0.717, 1.165) is 36.9 Å². The van der Waals surface area contributed by atoms with Crippen LogP contribution in [-0.4, -0.2) is 34.5 Å². The minimum absolute atomic E-state index is 0.0151. The first-order chi connectivity index (χ1) is 16.9. The largest absolute Gasteiger partial charge is 0.325 e. The van der Waals surface area contributed by atoms with Gasteiger partial charge < -0.3 is 5.32 Å². The lowest BCUT2D eigenvalue weighted by Crippen LogP contribution is -2.25. The van der Waals surface area contributed by atoms with Gasteiger partial charge in [-0.1, -0.05) is 18.7 Å². The predicted molar refractivity (Wildman–Crippen MR) is 133 cm³/mol. The highest BCUT2D eigenvalue weighted by Gasteiger charge is 2.23. The highest BCUT2D eigenvalue weighted by Crippen LogP contribution is 2.31. The Labute approximate surface area is 208 Å². The van der Waals surface area contributed by atoms with E-state index in [1.54, 1.807) is 6.07 Å². The SMILES string of the molecule is CCC(Sc1nc2c(cc1C#N)CCCC2)C(=O)Nc1ccc(S(=O)(=O)Nc2ncccn2)cc1. The maximum Gasteiger partial charge on any atom is 0.264 e. The summed E-state index contributed by atoms with van der Waals surface area (Å²) in [5.74, 6) is -0.271. The predicted octanol–water partition coefficient (Wildman–Crippen LogP) is 3.93. The van der Waals surface area contributed by atoms with Crippen molar-refractivity contribution < 1.29 is 13.2 Å². The van der Waals surface area contributed by atoms with Crippen LogP contribution in [0.5, 0.6) is 0 Å². The molecule has 0 saturated heterocycles. The maximum absolute atomic E-state index is 13.0. The molecule has 180 valence electrons. The van der Waals surface area contributed by atoms with E-state index in [1.165, 1.54) is 48.4 Å². The summed E-state index contributed by atoms with van der Waals surface area (Å²) < 4.78 is 27.4. The lowest BCUT2D eigenvalue weighted by atomic mass is 9.95. The maximum atomic E-state index is 13.0. The summed E-state index contributed by atoms with van der Waals surface area (Å²) >= 11 is 1.28. The smallest absolute Gasteiger partial charge is 0.264 e. The molecule has 1 atom stereocenters. The van der Waals surface area contributed by atoms with Crippen molar-refractivity contribution in [1.82, 2.24) is 15.0 Å². The van der Waals surface area contributed by atoms with Crippen LogP contribution < -0.4 is 10.0 Å². The molecule has 1 amide bonds. The second-order valence-electron chi connectivity index (χ2n) is 7.97. The van der Waals surface area contributed by atoms with E-state index in [0.29, 0.717) is 22.7 Å². The molecule has 0 saturated carbocycles. The summed E-state index contributed by atoms with van der Waals surface area (Å²) in [5.41, 5.74) is 3.09. The van der Waals surface area contributed by atoms with E-state index in [4.69, 9.17) is 4.98 Å².